The van der Waals surface area contributed by atoms with Crippen molar-refractivity contribution < 1.29 is 18.7 Å². The molecule has 0 amide bonds. The minimum absolute atomic E-state index is 0.108. The number of hydrogen-bond acceptors (Lipinski definition) is 4. The zero-order chi connectivity index (χ0) is 15.4. The van der Waals surface area contributed by atoms with Gasteiger partial charge in [0.15, 0.2) is 5.69 Å². The van der Waals surface area contributed by atoms with E-state index in [0.29, 0.717) is 21.6 Å². The van der Waals surface area contributed by atoms with E-state index in [2.05, 4.69) is 21.0 Å². The third-order valence-electron chi connectivity index (χ3n) is 2.70. The van der Waals surface area contributed by atoms with Crippen LogP contribution in [-0.2, 0) is 18.4 Å². The van der Waals surface area contributed by atoms with Crippen LogP contribution in [0.5, 0.6) is 5.75 Å². The first-order valence-electron chi connectivity index (χ1n) is 6.29. The largest absolute Gasteiger partial charge is 0.487 e. The molecule has 0 aliphatic carbocycles. The molecule has 1 aromatic carbocycles. The van der Waals surface area contributed by atoms with Gasteiger partial charge in [-0.3, -0.25) is 4.68 Å². The first kappa shape index (κ1) is 15.5. The Morgan fingerprint density at radius 1 is 1.48 bits per heavy atom. The van der Waals surface area contributed by atoms with E-state index in [4.69, 9.17) is 9.47 Å². The standard InChI is InChI=1S/C14H14BrFN2O3/c1-3-20-14(19)13-12(15)11(17-18(13)2)8-21-10-6-4-5-9(16)7-10/h4-7H,3,8H2,1-2H3. The van der Waals surface area contributed by atoms with Crippen molar-refractivity contribution in [1.29, 1.82) is 0 Å². The molecule has 0 aliphatic heterocycles. The first-order chi connectivity index (χ1) is 10.0. The molecule has 5 nitrogen and oxygen atoms in total. The summed E-state index contributed by atoms with van der Waals surface area (Å²) < 4.78 is 25.4. The summed E-state index contributed by atoms with van der Waals surface area (Å²) in [6.45, 7) is 2.12. The van der Waals surface area contributed by atoms with Crippen molar-refractivity contribution in [2.24, 2.45) is 7.05 Å². The van der Waals surface area contributed by atoms with Crippen molar-refractivity contribution in [3.8, 4) is 5.75 Å². The summed E-state index contributed by atoms with van der Waals surface area (Å²) in [5.41, 5.74) is 0.847. The summed E-state index contributed by atoms with van der Waals surface area (Å²) in [6.07, 6.45) is 0. The van der Waals surface area contributed by atoms with Gasteiger partial charge >= 0.3 is 5.97 Å². The molecular weight excluding hydrogens is 343 g/mol. The highest BCUT2D eigenvalue weighted by molar-refractivity contribution is 9.10. The number of carbonyl (C=O) groups is 1. The zero-order valence-corrected chi connectivity index (χ0v) is 13.2. The fourth-order valence-electron chi connectivity index (χ4n) is 1.78. The predicted molar refractivity (Wildman–Crippen MR) is 77.6 cm³/mol. The summed E-state index contributed by atoms with van der Waals surface area (Å²) in [5, 5.41) is 4.20. The van der Waals surface area contributed by atoms with Crippen LogP contribution in [0.25, 0.3) is 0 Å². The molecule has 21 heavy (non-hydrogen) atoms. The highest BCUT2D eigenvalue weighted by Crippen LogP contribution is 2.23. The molecular formula is C14H14BrFN2O3. The second kappa shape index (κ2) is 6.71. The number of hydrogen-bond donors (Lipinski definition) is 0. The van der Waals surface area contributed by atoms with Gasteiger partial charge in [-0.2, -0.15) is 5.10 Å². The molecule has 0 atom stereocenters. The van der Waals surface area contributed by atoms with E-state index in [1.807, 2.05) is 0 Å². The van der Waals surface area contributed by atoms with Gasteiger partial charge < -0.3 is 9.47 Å². The Hall–Kier alpha value is -1.89. The summed E-state index contributed by atoms with van der Waals surface area (Å²) >= 11 is 3.32. The minimum Gasteiger partial charge on any atom is -0.487 e. The molecule has 0 saturated carbocycles. The summed E-state index contributed by atoms with van der Waals surface area (Å²) in [7, 11) is 1.64. The van der Waals surface area contributed by atoms with Gasteiger partial charge in [-0.15, -0.1) is 0 Å². The Labute approximate surface area is 129 Å². The van der Waals surface area contributed by atoms with Gasteiger partial charge in [0.1, 0.15) is 23.9 Å². The van der Waals surface area contributed by atoms with Gasteiger partial charge in [0.05, 0.1) is 11.1 Å². The number of esters is 1. The fourth-order valence-corrected chi connectivity index (χ4v) is 2.39. The number of nitrogens with zero attached hydrogens (tertiary/aromatic N) is 2. The second-order valence-electron chi connectivity index (χ2n) is 4.20. The van der Waals surface area contributed by atoms with E-state index >= 15 is 0 Å². The van der Waals surface area contributed by atoms with Crippen molar-refractivity contribution in [1.82, 2.24) is 9.78 Å². The number of carbonyl (C=O) groups excluding carboxylic acids is 1. The Balaban J connectivity index is 2.14. The van der Waals surface area contributed by atoms with Gasteiger partial charge in [0.25, 0.3) is 0 Å². The van der Waals surface area contributed by atoms with Crippen LogP contribution in [0.2, 0.25) is 0 Å². The number of benzene rings is 1. The van der Waals surface area contributed by atoms with Gasteiger partial charge in [-0.25, -0.2) is 9.18 Å². The summed E-state index contributed by atoms with van der Waals surface area (Å²) in [6, 6.07) is 5.82. The lowest BCUT2D eigenvalue weighted by atomic mass is 10.3. The highest BCUT2D eigenvalue weighted by Gasteiger charge is 2.21. The van der Waals surface area contributed by atoms with Crippen LogP contribution in [0.1, 0.15) is 23.1 Å². The van der Waals surface area contributed by atoms with E-state index in [1.165, 1.54) is 16.8 Å². The number of aryl methyl sites for hydroxylation is 1. The average Bonchev–Trinajstić information content (AvgIpc) is 2.71. The topological polar surface area (TPSA) is 53.4 Å². The minimum atomic E-state index is -0.462. The van der Waals surface area contributed by atoms with Gasteiger partial charge in [-0.05, 0) is 35.0 Å². The van der Waals surface area contributed by atoms with Crippen LogP contribution in [0.3, 0.4) is 0 Å². The van der Waals surface area contributed by atoms with Crippen molar-refractivity contribution in [3.05, 3.63) is 45.9 Å². The predicted octanol–water partition coefficient (Wildman–Crippen LogP) is 3.08. The molecule has 1 heterocycles. The molecule has 112 valence electrons. The lowest BCUT2D eigenvalue weighted by Crippen LogP contribution is -2.10. The molecule has 0 saturated heterocycles. The molecule has 7 heteroatoms. The van der Waals surface area contributed by atoms with E-state index in [-0.39, 0.29) is 19.0 Å². The third-order valence-corrected chi connectivity index (χ3v) is 3.53. The monoisotopic (exact) mass is 356 g/mol. The quantitative estimate of drug-likeness (QED) is 0.772. The fraction of sp³-hybridized carbons (Fsp3) is 0.286. The molecule has 1 aromatic heterocycles. The Kier molecular flexibility index (Phi) is 4.95. The SMILES string of the molecule is CCOC(=O)c1c(Br)c(COc2cccc(F)c2)nn1C. The second-order valence-corrected chi connectivity index (χ2v) is 4.99. The maximum atomic E-state index is 13.1. The number of halogens is 2. The molecule has 2 aromatic rings. The Bertz CT molecular complexity index is 658. The Morgan fingerprint density at radius 2 is 2.24 bits per heavy atom. The lowest BCUT2D eigenvalue weighted by Gasteiger charge is -2.04. The molecule has 0 N–H and O–H groups in total. The Morgan fingerprint density at radius 3 is 2.90 bits per heavy atom. The lowest BCUT2D eigenvalue weighted by molar-refractivity contribution is 0.0512. The van der Waals surface area contributed by atoms with Gasteiger partial charge in [0, 0.05) is 13.1 Å². The third kappa shape index (κ3) is 3.60. The van der Waals surface area contributed by atoms with Crippen molar-refractivity contribution in [2.75, 3.05) is 6.61 Å². The first-order valence-corrected chi connectivity index (χ1v) is 7.09. The van der Waals surface area contributed by atoms with Crippen LogP contribution in [-0.4, -0.2) is 22.4 Å². The number of aromatic nitrogens is 2. The smallest absolute Gasteiger partial charge is 0.357 e. The van der Waals surface area contributed by atoms with E-state index in [9.17, 15) is 9.18 Å². The molecule has 0 unspecified atom stereocenters. The van der Waals surface area contributed by atoms with Crippen molar-refractivity contribution >= 4 is 21.9 Å². The van der Waals surface area contributed by atoms with Gasteiger partial charge in [0.2, 0.25) is 0 Å². The molecule has 0 aliphatic rings. The van der Waals surface area contributed by atoms with Gasteiger partial charge in [-0.1, -0.05) is 6.07 Å². The van der Waals surface area contributed by atoms with E-state index < -0.39 is 5.97 Å². The number of ether oxygens (including phenoxy) is 2. The number of rotatable bonds is 5. The average molecular weight is 357 g/mol. The van der Waals surface area contributed by atoms with Crippen LogP contribution < -0.4 is 4.74 Å². The maximum Gasteiger partial charge on any atom is 0.357 e. The van der Waals surface area contributed by atoms with Crippen LogP contribution >= 0.6 is 15.9 Å². The summed E-state index contributed by atoms with van der Waals surface area (Å²) in [4.78, 5) is 11.8. The maximum absolute atomic E-state index is 13.1. The van der Waals surface area contributed by atoms with Crippen molar-refractivity contribution in [3.63, 3.8) is 0 Å². The van der Waals surface area contributed by atoms with Crippen LogP contribution in [0.4, 0.5) is 4.39 Å². The molecule has 0 spiro atoms. The van der Waals surface area contributed by atoms with E-state index in [0.717, 1.165) is 0 Å². The molecule has 0 radical (unpaired) electrons. The molecule has 0 fully saturated rings. The normalized spacial score (nSPS) is 10.5. The summed E-state index contributed by atoms with van der Waals surface area (Å²) in [5.74, 6) is -0.443. The van der Waals surface area contributed by atoms with Crippen LogP contribution in [0.15, 0.2) is 28.7 Å². The highest BCUT2D eigenvalue weighted by atomic mass is 79.9. The van der Waals surface area contributed by atoms with Crippen molar-refractivity contribution in [2.45, 2.75) is 13.5 Å². The molecule has 0 bridgehead atoms. The van der Waals surface area contributed by atoms with E-state index in [1.54, 1.807) is 26.1 Å². The zero-order valence-electron chi connectivity index (χ0n) is 11.6. The van der Waals surface area contributed by atoms with Crippen LogP contribution in [0, 0.1) is 5.82 Å². The molecule has 2 rings (SSSR count).